The topological polar surface area (TPSA) is 84.9 Å². The van der Waals surface area contributed by atoms with Crippen molar-refractivity contribution in [2.45, 2.75) is 39.7 Å². The van der Waals surface area contributed by atoms with Gasteiger partial charge in [0.1, 0.15) is 11.5 Å². The Morgan fingerprint density at radius 3 is 2.23 bits per heavy atom. The van der Waals surface area contributed by atoms with E-state index in [1.165, 1.54) is 11.4 Å². The second kappa shape index (κ2) is 10.0. The first-order chi connectivity index (χ1) is 14.4. The standard InChI is InChI=1S/C23H32N2O5S/c1-15(2)20-13-21(16(3)12-22(20)29-6)17(4)24-23(26)14-30-19-10-8-18(9-11-19)25(5)31(7,27)28/h8-13,15,17H,14H2,1-7H3,(H,24,26)/t17-/m0/s1. The number of hydrogen-bond acceptors (Lipinski definition) is 5. The third-order valence-electron chi connectivity index (χ3n) is 5.15. The quantitative estimate of drug-likeness (QED) is 0.631. The average molecular weight is 449 g/mol. The first-order valence-corrected chi connectivity index (χ1v) is 11.9. The number of carbonyl (C=O) groups is 1. The van der Waals surface area contributed by atoms with Gasteiger partial charge >= 0.3 is 0 Å². The molecule has 2 aromatic rings. The molecule has 31 heavy (non-hydrogen) atoms. The largest absolute Gasteiger partial charge is 0.496 e. The number of sulfonamides is 1. The zero-order chi connectivity index (χ0) is 23.3. The number of anilines is 1. The van der Waals surface area contributed by atoms with Crippen molar-refractivity contribution in [3.05, 3.63) is 53.1 Å². The predicted octanol–water partition coefficient (Wildman–Crippen LogP) is 3.78. The molecule has 1 N–H and O–H groups in total. The lowest BCUT2D eigenvalue weighted by Gasteiger charge is -2.21. The van der Waals surface area contributed by atoms with Crippen LogP contribution >= 0.6 is 0 Å². The molecule has 1 amide bonds. The summed E-state index contributed by atoms with van der Waals surface area (Å²) >= 11 is 0. The molecule has 2 aromatic carbocycles. The molecular formula is C23H32N2O5S. The van der Waals surface area contributed by atoms with Crippen LogP contribution in [0, 0.1) is 6.92 Å². The molecule has 170 valence electrons. The van der Waals surface area contributed by atoms with Crippen molar-refractivity contribution in [1.29, 1.82) is 0 Å². The van der Waals surface area contributed by atoms with Gasteiger partial charge in [-0.25, -0.2) is 8.42 Å². The van der Waals surface area contributed by atoms with Crippen molar-refractivity contribution in [3.8, 4) is 11.5 Å². The molecule has 0 unspecified atom stereocenters. The van der Waals surface area contributed by atoms with Crippen molar-refractivity contribution >= 4 is 21.6 Å². The summed E-state index contributed by atoms with van der Waals surface area (Å²) in [6.45, 7) is 8.00. The summed E-state index contributed by atoms with van der Waals surface area (Å²) in [5, 5.41) is 2.97. The van der Waals surface area contributed by atoms with Crippen LogP contribution in [0.15, 0.2) is 36.4 Å². The van der Waals surface area contributed by atoms with E-state index in [1.807, 2.05) is 19.9 Å². The Balaban J connectivity index is 2.01. The van der Waals surface area contributed by atoms with Gasteiger partial charge in [0.2, 0.25) is 10.0 Å². The zero-order valence-electron chi connectivity index (χ0n) is 19.2. The third-order valence-corrected chi connectivity index (χ3v) is 6.36. The number of nitrogens with one attached hydrogen (secondary N) is 1. The van der Waals surface area contributed by atoms with Crippen molar-refractivity contribution in [3.63, 3.8) is 0 Å². The highest BCUT2D eigenvalue weighted by Crippen LogP contribution is 2.32. The molecule has 0 fully saturated rings. The van der Waals surface area contributed by atoms with Gasteiger partial charge in [0.25, 0.3) is 5.91 Å². The first kappa shape index (κ1) is 24.5. The van der Waals surface area contributed by atoms with Crippen LogP contribution in [0.2, 0.25) is 0 Å². The number of nitrogens with zero attached hydrogens (tertiary/aromatic N) is 1. The Labute approximate surface area is 185 Å². The molecule has 0 saturated carbocycles. The molecule has 7 nitrogen and oxygen atoms in total. The Morgan fingerprint density at radius 2 is 1.71 bits per heavy atom. The molecule has 0 aliphatic carbocycles. The second-order valence-corrected chi connectivity index (χ2v) is 9.92. The Hall–Kier alpha value is -2.74. The maximum Gasteiger partial charge on any atom is 0.258 e. The van der Waals surface area contributed by atoms with Gasteiger partial charge in [-0.15, -0.1) is 0 Å². The van der Waals surface area contributed by atoms with E-state index in [0.29, 0.717) is 17.4 Å². The fraction of sp³-hybridized carbons (Fsp3) is 0.435. The van der Waals surface area contributed by atoms with Crippen molar-refractivity contribution in [1.82, 2.24) is 5.32 Å². The number of benzene rings is 2. The Kier molecular flexibility index (Phi) is 7.95. The molecule has 0 aliphatic heterocycles. The minimum Gasteiger partial charge on any atom is -0.496 e. The van der Waals surface area contributed by atoms with Gasteiger partial charge in [-0.05, 0) is 72.9 Å². The molecule has 0 bridgehead atoms. The van der Waals surface area contributed by atoms with Crippen LogP contribution in [-0.2, 0) is 14.8 Å². The summed E-state index contributed by atoms with van der Waals surface area (Å²) in [4.78, 5) is 12.4. The average Bonchev–Trinajstić information content (AvgIpc) is 2.70. The lowest BCUT2D eigenvalue weighted by molar-refractivity contribution is -0.123. The fourth-order valence-corrected chi connectivity index (χ4v) is 3.77. The monoisotopic (exact) mass is 448 g/mol. The van der Waals surface area contributed by atoms with Gasteiger partial charge in [-0.1, -0.05) is 13.8 Å². The molecule has 0 radical (unpaired) electrons. The van der Waals surface area contributed by atoms with Crippen LogP contribution in [0.5, 0.6) is 11.5 Å². The summed E-state index contributed by atoms with van der Waals surface area (Å²) in [7, 11) is -0.191. The number of methoxy groups -OCH3 is 1. The third kappa shape index (κ3) is 6.37. The lowest BCUT2D eigenvalue weighted by atomic mass is 9.93. The summed E-state index contributed by atoms with van der Waals surface area (Å²) in [6, 6.07) is 10.4. The Bertz CT molecular complexity index is 1020. The molecule has 0 aliphatic rings. The van der Waals surface area contributed by atoms with Crippen molar-refractivity contribution < 1.29 is 22.7 Å². The summed E-state index contributed by atoms with van der Waals surface area (Å²) < 4.78 is 35.4. The molecule has 0 heterocycles. The van der Waals surface area contributed by atoms with Gasteiger partial charge in [0, 0.05) is 7.05 Å². The maximum absolute atomic E-state index is 12.4. The summed E-state index contributed by atoms with van der Waals surface area (Å²) in [6.07, 6.45) is 1.14. The van der Waals surface area contributed by atoms with E-state index in [-0.39, 0.29) is 18.6 Å². The molecule has 0 saturated heterocycles. The van der Waals surface area contributed by atoms with Crippen LogP contribution in [-0.4, -0.2) is 41.3 Å². The van der Waals surface area contributed by atoms with Gasteiger partial charge in [0.05, 0.1) is 25.1 Å². The Morgan fingerprint density at radius 1 is 1.10 bits per heavy atom. The highest BCUT2D eigenvalue weighted by Gasteiger charge is 2.17. The molecule has 8 heteroatoms. The lowest BCUT2D eigenvalue weighted by Crippen LogP contribution is -2.31. The fourth-order valence-electron chi connectivity index (χ4n) is 3.26. The van der Waals surface area contributed by atoms with E-state index < -0.39 is 10.0 Å². The number of carbonyl (C=O) groups excluding carboxylic acids is 1. The second-order valence-electron chi connectivity index (χ2n) is 7.91. The SMILES string of the molecule is COc1cc(C)c([C@H](C)NC(=O)COc2ccc(N(C)S(C)(=O)=O)cc2)cc1C(C)C. The minimum atomic E-state index is -3.33. The number of hydrogen-bond donors (Lipinski definition) is 1. The van der Waals surface area contributed by atoms with Crippen LogP contribution in [0.25, 0.3) is 0 Å². The molecule has 0 spiro atoms. The van der Waals surface area contributed by atoms with E-state index in [1.54, 1.807) is 31.4 Å². The van der Waals surface area contributed by atoms with Crippen molar-refractivity contribution in [2.75, 3.05) is 31.3 Å². The van der Waals surface area contributed by atoms with E-state index in [2.05, 4.69) is 25.2 Å². The summed E-state index contributed by atoms with van der Waals surface area (Å²) in [5.41, 5.74) is 3.69. The zero-order valence-corrected chi connectivity index (χ0v) is 20.0. The smallest absolute Gasteiger partial charge is 0.258 e. The highest BCUT2D eigenvalue weighted by molar-refractivity contribution is 7.92. The van der Waals surface area contributed by atoms with Gasteiger partial charge in [0.15, 0.2) is 6.61 Å². The van der Waals surface area contributed by atoms with Gasteiger partial charge in [-0.2, -0.15) is 0 Å². The maximum atomic E-state index is 12.4. The van der Waals surface area contributed by atoms with E-state index in [4.69, 9.17) is 9.47 Å². The van der Waals surface area contributed by atoms with E-state index in [0.717, 1.165) is 28.7 Å². The first-order valence-electron chi connectivity index (χ1n) is 10.1. The summed E-state index contributed by atoms with van der Waals surface area (Å²) in [5.74, 6) is 1.38. The van der Waals surface area contributed by atoms with E-state index >= 15 is 0 Å². The number of rotatable bonds is 9. The molecule has 1 atom stereocenters. The van der Waals surface area contributed by atoms with E-state index in [9.17, 15) is 13.2 Å². The number of amides is 1. The predicted molar refractivity (Wildman–Crippen MR) is 124 cm³/mol. The normalized spacial score (nSPS) is 12.4. The minimum absolute atomic E-state index is 0.141. The van der Waals surface area contributed by atoms with Crippen LogP contribution in [0.4, 0.5) is 5.69 Å². The molecule has 2 rings (SSSR count). The molecular weight excluding hydrogens is 416 g/mol. The molecule has 0 aromatic heterocycles. The van der Waals surface area contributed by atoms with Gasteiger partial charge in [-0.3, -0.25) is 9.10 Å². The van der Waals surface area contributed by atoms with Crippen molar-refractivity contribution in [2.24, 2.45) is 0 Å². The highest BCUT2D eigenvalue weighted by atomic mass is 32.2. The van der Waals surface area contributed by atoms with Crippen LogP contribution in [0.1, 0.15) is 49.4 Å². The number of aryl methyl sites for hydroxylation is 1. The van der Waals surface area contributed by atoms with Crippen LogP contribution in [0.3, 0.4) is 0 Å². The van der Waals surface area contributed by atoms with Gasteiger partial charge < -0.3 is 14.8 Å². The number of ether oxygens (including phenoxy) is 2. The van der Waals surface area contributed by atoms with Crippen LogP contribution < -0.4 is 19.1 Å².